The van der Waals surface area contributed by atoms with Crippen molar-refractivity contribution in [1.82, 2.24) is 10.2 Å². The average Bonchev–Trinajstić information content (AvgIpc) is 2.39. The van der Waals surface area contributed by atoms with Crippen LogP contribution in [0, 0.1) is 0 Å². The molecule has 0 aliphatic carbocycles. The molecule has 0 radical (unpaired) electrons. The minimum absolute atomic E-state index is 0.0801. The van der Waals surface area contributed by atoms with Crippen LogP contribution >= 0.6 is 11.6 Å². The van der Waals surface area contributed by atoms with E-state index in [4.69, 9.17) is 11.6 Å². The molecule has 1 N–H and O–H groups in total. The van der Waals surface area contributed by atoms with E-state index >= 15 is 0 Å². The van der Waals surface area contributed by atoms with Crippen molar-refractivity contribution in [2.24, 2.45) is 0 Å². The first-order valence-electron chi connectivity index (χ1n) is 6.49. The lowest BCUT2D eigenvalue weighted by Crippen LogP contribution is -2.49. The number of benzene rings is 1. The van der Waals surface area contributed by atoms with Crippen molar-refractivity contribution in [2.75, 3.05) is 26.2 Å². The molecule has 0 saturated carbocycles. The van der Waals surface area contributed by atoms with Gasteiger partial charge in [0.1, 0.15) is 6.04 Å². The van der Waals surface area contributed by atoms with Crippen LogP contribution < -0.4 is 5.32 Å². The summed E-state index contributed by atoms with van der Waals surface area (Å²) in [5.41, 5.74) is -1.82. The van der Waals surface area contributed by atoms with Crippen LogP contribution in [0.1, 0.15) is 17.2 Å². The van der Waals surface area contributed by atoms with E-state index in [0.29, 0.717) is 19.2 Å². The Morgan fingerprint density at radius 2 is 1.64 bits per heavy atom. The van der Waals surface area contributed by atoms with Gasteiger partial charge in [-0.15, -0.1) is 0 Å². The molecule has 124 valence electrons. The largest absolute Gasteiger partial charge is 0.417 e. The highest BCUT2D eigenvalue weighted by atomic mass is 35.5. The molecule has 0 bridgehead atoms. The summed E-state index contributed by atoms with van der Waals surface area (Å²) in [6.45, 7) is 0.833. The zero-order valence-electron chi connectivity index (χ0n) is 11.2. The minimum atomic E-state index is -4.80. The number of rotatable bonds is 2. The van der Waals surface area contributed by atoms with Crippen LogP contribution in [0.15, 0.2) is 18.2 Å². The number of piperazine rings is 1. The van der Waals surface area contributed by atoms with Gasteiger partial charge in [-0.25, -0.2) is 0 Å². The summed E-state index contributed by atoms with van der Waals surface area (Å²) in [5.74, 6) is 0. The fourth-order valence-corrected chi connectivity index (χ4v) is 2.84. The van der Waals surface area contributed by atoms with Crippen LogP contribution in [0.4, 0.5) is 26.3 Å². The van der Waals surface area contributed by atoms with Gasteiger partial charge in [0.05, 0.1) is 10.6 Å². The number of alkyl halides is 6. The second-order valence-electron chi connectivity index (χ2n) is 4.94. The second kappa shape index (κ2) is 6.25. The average molecular weight is 347 g/mol. The van der Waals surface area contributed by atoms with E-state index in [2.05, 4.69) is 5.32 Å². The van der Waals surface area contributed by atoms with Gasteiger partial charge in [0.2, 0.25) is 0 Å². The molecule has 22 heavy (non-hydrogen) atoms. The Labute approximate surface area is 128 Å². The van der Waals surface area contributed by atoms with E-state index in [1.807, 2.05) is 0 Å². The van der Waals surface area contributed by atoms with Crippen LogP contribution in [0.3, 0.4) is 0 Å². The Hall–Kier alpha value is -0.990. The standard InChI is InChI=1S/C13H13ClF6N2/c14-10-8(2-1-3-9(10)12(15,16)17)11(13(18,19)20)22-6-4-21-5-7-22/h1-3,11,21H,4-7H2/t11-/m0/s1. The fraction of sp³-hybridized carbons (Fsp3) is 0.538. The van der Waals surface area contributed by atoms with Gasteiger partial charge < -0.3 is 5.32 Å². The van der Waals surface area contributed by atoms with Crippen LogP contribution in [0.25, 0.3) is 0 Å². The summed E-state index contributed by atoms with van der Waals surface area (Å²) in [6, 6.07) is 0.476. The van der Waals surface area contributed by atoms with E-state index in [-0.39, 0.29) is 13.1 Å². The predicted molar refractivity (Wildman–Crippen MR) is 69.7 cm³/mol. The molecule has 1 aliphatic heterocycles. The lowest BCUT2D eigenvalue weighted by atomic mass is 10.0. The molecule has 0 aromatic heterocycles. The summed E-state index contributed by atoms with van der Waals surface area (Å²) in [6.07, 6.45) is -9.52. The molecule has 1 fully saturated rings. The highest BCUT2D eigenvalue weighted by molar-refractivity contribution is 6.32. The maximum atomic E-state index is 13.4. The smallest absolute Gasteiger partial charge is 0.314 e. The van der Waals surface area contributed by atoms with Gasteiger partial charge in [-0.2, -0.15) is 26.3 Å². The van der Waals surface area contributed by atoms with E-state index in [0.717, 1.165) is 17.0 Å². The molecule has 2 nitrogen and oxygen atoms in total. The molecular weight excluding hydrogens is 334 g/mol. The SMILES string of the molecule is FC(F)(F)c1cccc([C@H](N2CCNCC2)C(F)(F)F)c1Cl. The van der Waals surface area contributed by atoms with Gasteiger partial charge in [0.25, 0.3) is 0 Å². The molecule has 1 aliphatic rings. The summed E-state index contributed by atoms with van der Waals surface area (Å²) >= 11 is 5.65. The van der Waals surface area contributed by atoms with Crippen molar-refractivity contribution in [2.45, 2.75) is 18.4 Å². The van der Waals surface area contributed by atoms with E-state index < -0.39 is 34.5 Å². The van der Waals surface area contributed by atoms with E-state index in [9.17, 15) is 26.3 Å². The summed E-state index contributed by atoms with van der Waals surface area (Å²) < 4.78 is 78.7. The number of nitrogens with zero attached hydrogens (tertiary/aromatic N) is 1. The molecule has 0 unspecified atom stereocenters. The molecule has 1 heterocycles. The first-order valence-corrected chi connectivity index (χ1v) is 6.87. The minimum Gasteiger partial charge on any atom is -0.314 e. The lowest BCUT2D eigenvalue weighted by molar-refractivity contribution is -0.188. The van der Waals surface area contributed by atoms with Crippen molar-refractivity contribution in [1.29, 1.82) is 0 Å². The molecule has 1 aromatic carbocycles. The van der Waals surface area contributed by atoms with E-state index in [1.165, 1.54) is 0 Å². The van der Waals surface area contributed by atoms with Gasteiger partial charge >= 0.3 is 12.4 Å². The van der Waals surface area contributed by atoms with Gasteiger partial charge in [-0.05, 0) is 11.6 Å². The molecular formula is C13H13ClF6N2. The van der Waals surface area contributed by atoms with Crippen molar-refractivity contribution in [3.8, 4) is 0 Å². The molecule has 1 saturated heterocycles. The van der Waals surface area contributed by atoms with Crippen LogP contribution in [0.2, 0.25) is 5.02 Å². The third kappa shape index (κ3) is 3.67. The highest BCUT2D eigenvalue weighted by Crippen LogP contribution is 2.44. The second-order valence-corrected chi connectivity index (χ2v) is 5.31. The predicted octanol–water partition coefficient (Wildman–Crippen LogP) is 3.87. The normalized spacial score (nSPS) is 19.2. The quantitative estimate of drug-likeness (QED) is 0.818. The first kappa shape index (κ1) is 17.4. The van der Waals surface area contributed by atoms with Crippen molar-refractivity contribution >= 4 is 11.6 Å². The molecule has 1 atom stereocenters. The topological polar surface area (TPSA) is 15.3 Å². The molecule has 1 aromatic rings. The summed E-state index contributed by atoms with van der Waals surface area (Å²) in [4.78, 5) is 1.10. The van der Waals surface area contributed by atoms with Gasteiger partial charge in [-0.1, -0.05) is 23.7 Å². The maximum Gasteiger partial charge on any atom is 0.417 e. The molecule has 0 spiro atoms. The fourth-order valence-electron chi connectivity index (χ4n) is 2.50. The monoisotopic (exact) mass is 346 g/mol. The molecule has 9 heteroatoms. The van der Waals surface area contributed by atoms with Gasteiger partial charge in [0, 0.05) is 26.2 Å². The summed E-state index contributed by atoms with van der Waals surface area (Å²) in [7, 11) is 0. The third-order valence-corrected chi connectivity index (χ3v) is 3.88. The zero-order valence-corrected chi connectivity index (χ0v) is 12.0. The number of halogens is 7. The third-order valence-electron chi connectivity index (χ3n) is 3.46. The molecule has 2 rings (SSSR count). The van der Waals surface area contributed by atoms with Crippen LogP contribution in [0.5, 0.6) is 0 Å². The Bertz CT molecular complexity index is 522. The zero-order chi connectivity index (χ0) is 16.5. The highest BCUT2D eigenvalue weighted by Gasteiger charge is 2.47. The Morgan fingerprint density at radius 3 is 2.14 bits per heavy atom. The van der Waals surface area contributed by atoms with Gasteiger partial charge in [-0.3, -0.25) is 4.90 Å². The molecule has 0 amide bonds. The van der Waals surface area contributed by atoms with Crippen molar-refractivity contribution < 1.29 is 26.3 Å². The van der Waals surface area contributed by atoms with Gasteiger partial charge in [0.15, 0.2) is 0 Å². The maximum absolute atomic E-state index is 13.4. The van der Waals surface area contributed by atoms with Crippen LogP contribution in [-0.4, -0.2) is 37.3 Å². The Morgan fingerprint density at radius 1 is 1.05 bits per heavy atom. The van der Waals surface area contributed by atoms with Crippen molar-refractivity contribution in [3.63, 3.8) is 0 Å². The number of hydrogen-bond acceptors (Lipinski definition) is 2. The first-order chi connectivity index (χ1) is 10.1. The van der Waals surface area contributed by atoms with Crippen LogP contribution in [-0.2, 0) is 6.18 Å². The van der Waals surface area contributed by atoms with Crippen molar-refractivity contribution in [3.05, 3.63) is 34.3 Å². The number of hydrogen-bond donors (Lipinski definition) is 1. The lowest BCUT2D eigenvalue weighted by Gasteiger charge is -2.36. The summed E-state index contributed by atoms with van der Waals surface area (Å²) in [5, 5.41) is 2.01. The Kier molecular flexibility index (Phi) is 4.93. The van der Waals surface area contributed by atoms with E-state index in [1.54, 1.807) is 0 Å². The number of nitrogens with one attached hydrogen (secondary N) is 1. The Balaban J connectivity index is 2.48.